The van der Waals surface area contributed by atoms with Gasteiger partial charge < -0.3 is 5.32 Å². The second-order valence-corrected chi connectivity index (χ2v) is 7.60. The maximum absolute atomic E-state index is 12.3. The van der Waals surface area contributed by atoms with E-state index in [0.717, 1.165) is 11.1 Å². The van der Waals surface area contributed by atoms with Crippen molar-refractivity contribution in [2.75, 3.05) is 11.8 Å². The smallest absolute Gasteiger partial charge is 0.271 e. The Kier molecular flexibility index (Phi) is 4.70. The van der Waals surface area contributed by atoms with Gasteiger partial charge in [0.25, 0.3) is 10.0 Å². The molecule has 0 bridgehead atoms. The molecule has 0 amide bonds. The lowest BCUT2D eigenvalue weighted by molar-refractivity contribution is 0.603. The number of aryl methyl sites for hydroxylation is 1. The molecular formula is C13H15ClN2O2S2. The molecule has 0 unspecified atom stereocenters. The highest BCUT2D eigenvalue weighted by atomic mass is 35.5. The van der Waals surface area contributed by atoms with Crippen LogP contribution >= 0.6 is 22.9 Å². The Morgan fingerprint density at radius 2 is 2.05 bits per heavy atom. The molecule has 0 saturated heterocycles. The zero-order valence-corrected chi connectivity index (χ0v) is 13.5. The average Bonchev–Trinajstić information content (AvgIpc) is 2.83. The minimum atomic E-state index is -3.56. The minimum Gasteiger partial charge on any atom is -0.316 e. The van der Waals surface area contributed by atoms with E-state index in [1.165, 1.54) is 11.3 Å². The number of anilines is 1. The first-order valence-electron chi connectivity index (χ1n) is 5.93. The van der Waals surface area contributed by atoms with Crippen LogP contribution in [0.1, 0.15) is 11.1 Å². The summed E-state index contributed by atoms with van der Waals surface area (Å²) >= 11 is 7.19. The van der Waals surface area contributed by atoms with E-state index >= 15 is 0 Å². The van der Waals surface area contributed by atoms with Crippen LogP contribution in [0.3, 0.4) is 0 Å². The first-order chi connectivity index (χ1) is 9.42. The molecule has 20 heavy (non-hydrogen) atoms. The summed E-state index contributed by atoms with van der Waals surface area (Å²) in [6.07, 6.45) is 0. The molecule has 2 N–H and O–H groups in total. The Balaban J connectivity index is 2.23. The number of benzene rings is 1. The van der Waals surface area contributed by atoms with E-state index in [1.54, 1.807) is 24.3 Å². The Morgan fingerprint density at radius 3 is 2.70 bits per heavy atom. The first-order valence-corrected chi connectivity index (χ1v) is 8.67. The average molecular weight is 331 g/mol. The third-order valence-electron chi connectivity index (χ3n) is 2.70. The van der Waals surface area contributed by atoms with Gasteiger partial charge in [0.2, 0.25) is 0 Å². The summed E-state index contributed by atoms with van der Waals surface area (Å²) in [6, 6.07) is 6.75. The van der Waals surface area contributed by atoms with Crippen molar-refractivity contribution >= 4 is 38.6 Å². The number of halogens is 1. The number of sulfonamides is 1. The van der Waals surface area contributed by atoms with Crippen LogP contribution in [0, 0.1) is 6.92 Å². The molecule has 1 aromatic carbocycles. The van der Waals surface area contributed by atoms with Gasteiger partial charge in [0.05, 0.1) is 5.69 Å². The number of hydrogen-bond donors (Lipinski definition) is 2. The van der Waals surface area contributed by atoms with Crippen molar-refractivity contribution in [1.29, 1.82) is 0 Å². The fourth-order valence-corrected chi connectivity index (χ4v) is 4.09. The minimum absolute atomic E-state index is 0.291. The third-order valence-corrected chi connectivity index (χ3v) is 5.98. The maximum Gasteiger partial charge on any atom is 0.271 e. The Morgan fingerprint density at radius 1 is 1.30 bits per heavy atom. The van der Waals surface area contributed by atoms with E-state index in [2.05, 4.69) is 10.0 Å². The molecule has 0 spiro atoms. The Bertz CT molecular complexity index is 711. The van der Waals surface area contributed by atoms with Crippen LogP contribution < -0.4 is 10.0 Å². The fraction of sp³-hybridized carbons (Fsp3) is 0.231. The van der Waals surface area contributed by atoms with Crippen molar-refractivity contribution in [3.8, 4) is 0 Å². The highest BCUT2D eigenvalue weighted by molar-refractivity contribution is 7.94. The van der Waals surface area contributed by atoms with Crippen molar-refractivity contribution in [3.05, 3.63) is 45.8 Å². The topological polar surface area (TPSA) is 58.2 Å². The second kappa shape index (κ2) is 6.13. The van der Waals surface area contributed by atoms with E-state index < -0.39 is 10.0 Å². The summed E-state index contributed by atoms with van der Waals surface area (Å²) in [4.78, 5) is 0. The van der Waals surface area contributed by atoms with E-state index in [1.807, 2.05) is 19.4 Å². The van der Waals surface area contributed by atoms with Crippen LogP contribution in [-0.4, -0.2) is 15.5 Å². The largest absolute Gasteiger partial charge is 0.316 e. The number of nitrogens with one attached hydrogen (secondary N) is 2. The lowest BCUT2D eigenvalue weighted by atomic mass is 10.2. The second-order valence-electron chi connectivity index (χ2n) is 4.37. The summed E-state index contributed by atoms with van der Waals surface area (Å²) in [5.41, 5.74) is 2.31. The molecule has 0 fully saturated rings. The number of rotatable bonds is 5. The molecule has 1 aromatic heterocycles. The molecule has 0 aliphatic rings. The highest BCUT2D eigenvalue weighted by Gasteiger charge is 2.17. The number of thiophene rings is 1. The lowest BCUT2D eigenvalue weighted by Crippen LogP contribution is -2.11. The van der Waals surface area contributed by atoms with Crippen LogP contribution in [0.5, 0.6) is 0 Å². The molecule has 7 heteroatoms. The molecule has 1 heterocycles. The number of hydrogen-bond acceptors (Lipinski definition) is 4. The predicted molar refractivity (Wildman–Crippen MR) is 84.1 cm³/mol. The summed E-state index contributed by atoms with van der Waals surface area (Å²) < 4.78 is 27.3. The molecule has 0 radical (unpaired) electrons. The zero-order chi connectivity index (χ0) is 14.8. The fourth-order valence-electron chi connectivity index (χ4n) is 1.65. The Labute approximate surface area is 127 Å². The van der Waals surface area contributed by atoms with E-state index in [-0.39, 0.29) is 0 Å². The monoisotopic (exact) mass is 330 g/mol. The van der Waals surface area contributed by atoms with Crippen molar-refractivity contribution in [2.45, 2.75) is 17.7 Å². The van der Waals surface area contributed by atoms with Crippen molar-refractivity contribution in [1.82, 2.24) is 5.32 Å². The molecule has 108 valence electrons. The van der Waals surface area contributed by atoms with Gasteiger partial charge in [-0.1, -0.05) is 17.7 Å². The van der Waals surface area contributed by atoms with Gasteiger partial charge in [-0.25, -0.2) is 8.42 Å². The summed E-state index contributed by atoms with van der Waals surface area (Å²) in [5.74, 6) is 0. The van der Waals surface area contributed by atoms with Crippen molar-refractivity contribution in [3.63, 3.8) is 0 Å². The summed E-state index contributed by atoms with van der Waals surface area (Å²) in [7, 11) is -1.74. The van der Waals surface area contributed by atoms with Crippen LogP contribution in [-0.2, 0) is 16.6 Å². The van der Waals surface area contributed by atoms with E-state index in [0.29, 0.717) is 21.5 Å². The van der Waals surface area contributed by atoms with Crippen LogP contribution in [0.15, 0.2) is 33.9 Å². The predicted octanol–water partition coefficient (Wildman–Crippen LogP) is 3.23. The molecule has 4 nitrogen and oxygen atoms in total. The van der Waals surface area contributed by atoms with Crippen molar-refractivity contribution in [2.24, 2.45) is 0 Å². The molecule has 0 saturated carbocycles. The van der Waals surface area contributed by atoms with Crippen LogP contribution in [0.2, 0.25) is 5.02 Å². The summed E-state index contributed by atoms with van der Waals surface area (Å²) in [6.45, 7) is 2.51. The molecule has 0 aliphatic carbocycles. The standard InChI is InChI=1S/C13H15ClN2O2S2/c1-9-3-4-11(6-12(9)14)16-20(17,18)13-5-10(7-15-2)8-19-13/h3-6,8,15-16H,7H2,1-2H3. The van der Waals surface area contributed by atoms with Gasteiger partial charge in [0.15, 0.2) is 0 Å². The van der Waals surface area contributed by atoms with Crippen LogP contribution in [0.4, 0.5) is 5.69 Å². The van der Waals surface area contributed by atoms with E-state index in [4.69, 9.17) is 11.6 Å². The van der Waals surface area contributed by atoms with Crippen LogP contribution in [0.25, 0.3) is 0 Å². The van der Waals surface area contributed by atoms with Gasteiger partial charge in [-0.3, -0.25) is 4.72 Å². The molecule has 2 rings (SSSR count). The molecule has 0 aliphatic heterocycles. The third kappa shape index (κ3) is 3.52. The Hall–Kier alpha value is -1.08. The normalized spacial score (nSPS) is 11.6. The summed E-state index contributed by atoms with van der Waals surface area (Å²) in [5, 5.41) is 5.35. The highest BCUT2D eigenvalue weighted by Crippen LogP contribution is 2.25. The van der Waals surface area contributed by atoms with Gasteiger partial charge in [-0.15, -0.1) is 11.3 Å². The van der Waals surface area contributed by atoms with E-state index in [9.17, 15) is 8.42 Å². The van der Waals surface area contributed by atoms with Gasteiger partial charge in [0, 0.05) is 11.6 Å². The molecule has 0 atom stereocenters. The first kappa shape index (κ1) is 15.3. The maximum atomic E-state index is 12.3. The SMILES string of the molecule is CNCc1csc(S(=O)(=O)Nc2ccc(C)c(Cl)c2)c1. The zero-order valence-electron chi connectivity index (χ0n) is 11.1. The quantitative estimate of drug-likeness (QED) is 0.885. The molecule has 2 aromatic rings. The van der Waals surface area contributed by atoms with Gasteiger partial charge in [-0.05, 0) is 48.7 Å². The van der Waals surface area contributed by atoms with Crippen molar-refractivity contribution < 1.29 is 8.42 Å². The molecular weight excluding hydrogens is 316 g/mol. The van der Waals surface area contributed by atoms with Gasteiger partial charge >= 0.3 is 0 Å². The van der Waals surface area contributed by atoms with Gasteiger partial charge in [0.1, 0.15) is 4.21 Å². The lowest BCUT2D eigenvalue weighted by Gasteiger charge is -2.07. The van der Waals surface area contributed by atoms with Gasteiger partial charge in [-0.2, -0.15) is 0 Å².